The summed E-state index contributed by atoms with van der Waals surface area (Å²) in [5, 5.41) is 5.87. The van der Waals surface area contributed by atoms with Crippen molar-refractivity contribution in [3.8, 4) is 10.6 Å². The lowest BCUT2D eigenvalue weighted by atomic mass is 10.1. The van der Waals surface area contributed by atoms with E-state index in [1.54, 1.807) is 17.5 Å². The van der Waals surface area contributed by atoms with E-state index in [0.717, 1.165) is 17.0 Å². The quantitative estimate of drug-likeness (QED) is 0.916. The fourth-order valence-electron chi connectivity index (χ4n) is 1.54. The molecule has 0 saturated carbocycles. The third-order valence-corrected chi connectivity index (χ3v) is 3.64. The highest BCUT2D eigenvalue weighted by Gasteiger charge is 2.08. The predicted octanol–water partition coefficient (Wildman–Crippen LogP) is 3.34. The Morgan fingerprint density at radius 2 is 2.11 bits per heavy atom. The third-order valence-electron chi connectivity index (χ3n) is 2.82. The maximum atomic E-state index is 11.9. The largest absolute Gasteiger partial charge is 0.350 e. The Balaban J connectivity index is 2.10. The second kappa shape index (κ2) is 5.78. The lowest BCUT2D eigenvalue weighted by molar-refractivity contribution is 0.0939. The second-order valence-corrected chi connectivity index (χ2v) is 5.09. The monoisotopic (exact) mass is 260 g/mol. The Labute approximate surface area is 111 Å². The molecule has 0 bridgehead atoms. The molecule has 0 aliphatic heterocycles. The van der Waals surface area contributed by atoms with Gasteiger partial charge in [-0.05, 0) is 25.5 Å². The molecule has 1 aromatic carbocycles. The minimum absolute atomic E-state index is 0.0185. The van der Waals surface area contributed by atoms with Crippen molar-refractivity contribution in [3.63, 3.8) is 0 Å². The van der Waals surface area contributed by atoms with Crippen LogP contribution < -0.4 is 5.32 Å². The predicted molar refractivity (Wildman–Crippen MR) is 74.8 cm³/mol. The molecule has 18 heavy (non-hydrogen) atoms. The molecular weight excluding hydrogens is 244 g/mol. The number of aromatic nitrogens is 1. The zero-order valence-corrected chi connectivity index (χ0v) is 11.3. The summed E-state index contributed by atoms with van der Waals surface area (Å²) in [5.74, 6) is -0.0185. The number of hydrogen-bond acceptors (Lipinski definition) is 3. The first kappa shape index (κ1) is 12.8. The van der Waals surface area contributed by atoms with Crippen molar-refractivity contribution in [1.82, 2.24) is 10.3 Å². The smallest absolute Gasteiger partial charge is 0.251 e. The molecular formula is C14H16N2OS. The first-order chi connectivity index (χ1) is 8.70. The summed E-state index contributed by atoms with van der Waals surface area (Å²) in [6, 6.07) is 7.76. The lowest BCUT2D eigenvalue weighted by Crippen LogP contribution is -2.31. The number of amides is 1. The number of nitrogens with zero attached hydrogens (tertiary/aromatic N) is 1. The minimum Gasteiger partial charge on any atom is -0.350 e. The van der Waals surface area contributed by atoms with Crippen LogP contribution in [0.4, 0.5) is 0 Å². The van der Waals surface area contributed by atoms with Crippen molar-refractivity contribution in [1.29, 1.82) is 0 Å². The van der Waals surface area contributed by atoms with E-state index in [1.807, 2.05) is 36.6 Å². The van der Waals surface area contributed by atoms with E-state index in [1.165, 1.54) is 0 Å². The Morgan fingerprint density at radius 1 is 1.39 bits per heavy atom. The first-order valence-electron chi connectivity index (χ1n) is 6.01. The summed E-state index contributed by atoms with van der Waals surface area (Å²) in [5.41, 5.74) is 1.74. The van der Waals surface area contributed by atoms with Crippen molar-refractivity contribution < 1.29 is 4.79 Å². The van der Waals surface area contributed by atoms with Crippen LogP contribution in [0.1, 0.15) is 30.6 Å². The summed E-state index contributed by atoms with van der Waals surface area (Å²) in [6.07, 6.45) is 2.71. The van der Waals surface area contributed by atoms with Gasteiger partial charge < -0.3 is 5.32 Å². The van der Waals surface area contributed by atoms with Crippen molar-refractivity contribution in [2.24, 2.45) is 0 Å². The second-order valence-electron chi connectivity index (χ2n) is 4.20. The summed E-state index contributed by atoms with van der Waals surface area (Å²) in [6.45, 7) is 4.05. The molecule has 94 valence electrons. The van der Waals surface area contributed by atoms with Crippen LogP contribution >= 0.6 is 11.3 Å². The average molecular weight is 260 g/mol. The van der Waals surface area contributed by atoms with Gasteiger partial charge in [-0.3, -0.25) is 4.79 Å². The van der Waals surface area contributed by atoms with Crippen molar-refractivity contribution >= 4 is 17.2 Å². The van der Waals surface area contributed by atoms with Crippen molar-refractivity contribution in [3.05, 3.63) is 41.4 Å². The lowest BCUT2D eigenvalue weighted by Gasteiger charge is -2.11. The number of benzene rings is 1. The van der Waals surface area contributed by atoms with Gasteiger partial charge in [0.15, 0.2) is 0 Å². The minimum atomic E-state index is -0.0185. The van der Waals surface area contributed by atoms with E-state index in [2.05, 4.69) is 17.2 Å². The van der Waals surface area contributed by atoms with Crippen LogP contribution in [0, 0.1) is 0 Å². The van der Waals surface area contributed by atoms with Crippen LogP contribution in [0.3, 0.4) is 0 Å². The van der Waals surface area contributed by atoms with E-state index in [-0.39, 0.29) is 11.9 Å². The molecule has 1 N–H and O–H groups in total. The number of carbonyl (C=O) groups excluding carboxylic acids is 1. The molecule has 1 atom stereocenters. The normalized spacial score (nSPS) is 12.1. The molecule has 3 nitrogen and oxygen atoms in total. The highest BCUT2D eigenvalue weighted by Crippen LogP contribution is 2.21. The maximum absolute atomic E-state index is 11.9. The molecule has 2 rings (SSSR count). The molecule has 1 heterocycles. The molecule has 0 aliphatic carbocycles. The van der Waals surface area contributed by atoms with Crippen molar-refractivity contribution in [2.45, 2.75) is 26.3 Å². The fourth-order valence-corrected chi connectivity index (χ4v) is 2.18. The molecule has 1 amide bonds. The Bertz CT molecular complexity index is 505. The van der Waals surface area contributed by atoms with E-state index >= 15 is 0 Å². The highest BCUT2D eigenvalue weighted by molar-refractivity contribution is 7.13. The van der Waals surface area contributed by atoms with Crippen LogP contribution in [0.25, 0.3) is 10.6 Å². The SMILES string of the molecule is CCC(C)NC(=O)c1ccc(-c2nccs2)cc1. The number of carbonyl (C=O) groups is 1. The van der Waals surface area contributed by atoms with Gasteiger partial charge in [0.25, 0.3) is 5.91 Å². The van der Waals surface area contributed by atoms with Gasteiger partial charge in [0.05, 0.1) is 0 Å². The molecule has 0 radical (unpaired) electrons. The summed E-state index contributed by atoms with van der Waals surface area (Å²) in [4.78, 5) is 16.1. The van der Waals surface area contributed by atoms with E-state index in [4.69, 9.17) is 0 Å². The number of thiazole rings is 1. The van der Waals surface area contributed by atoms with Gasteiger partial charge in [-0.15, -0.1) is 11.3 Å². The number of nitrogens with one attached hydrogen (secondary N) is 1. The van der Waals surface area contributed by atoms with Crippen LogP contribution in [-0.4, -0.2) is 16.9 Å². The summed E-state index contributed by atoms with van der Waals surface area (Å²) >= 11 is 1.59. The number of hydrogen-bond donors (Lipinski definition) is 1. The van der Waals surface area contributed by atoms with E-state index in [9.17, 15) is 4.79 Å². The third kappa shape index (κ3) is 2.96. The van der Waals surface area contributed by atoms with Gasteiger partial charge in [-0.2, -0.15) is 0 Å². The van der Waals surface area contributed by atoms with Gasteiger partial charge in [0.1, 0.15) is 5.01 Å². The molecule has 1 unspecified atom stereocenters. The topological polar surface area (TPSA) is 42.0 Å². The van der Waals surface area contributed by atoms with E-state index < -0.39 is 0 Å². The van der Waals surface area contributed by atoms with Gasteiger partial charge >= 0.3 is 0 Å². The highest BCUT2D eigenvalue weighted by atomic mass is 32.1. The van der Waals surface area contributed by atoms with Gasteiger partial charge in [-0.1, -0.05) is 19.1 Å². The van der Waals surface area contributed by atoms with Gasteiger partial charge in [0, 0.05) is 28.7 Å². The van der Waals surface area contributed by atoms with E-state index in [0.29, 0.717) is 5.56 Å². The van der Waals surface area contributed by atoms with Crippen molar-refractivity contribution in [2.75, 3.05) is 0 Å². The van der Waals surface area contributed by atoms with Gasteiger partial charge in [0.2, 0.25) is 0 Å². The molecule has 2 aromatic rings. The maximum Gasteiger partial charge on any atom is 0.251 e. The summed E-state index contributed by atoms with van der Waals surface area (Å²) < 4.78 is 0. The van der Waals surface area contributed by atoms with Crippen LogP contribution in [0.5, 0.6) is 0 Å². The molecule has 0 aliphatic rings. The average Bonchev–Trinajstić information content (AvgIpc) is 2.92. The zero-order chi connectivity index (χ0) is 13.0. The molecule has 1 aromatic heterocycles. The number of rotatable bonds is 4. The first-order valence-corrected chi connectivity index (χ1v) is 6.89. The van der Waals surface area contributed by atoms with Crippen LogP contribution in [-0.2, 0) is 0 Å². The molecule has 4 heteroatoms. The Kier molecular flexibility index (Phi) is 4.10. The van der Waals surface area contributed by atoms with Gasteiger partial charge in [-0.25, -0.2) is 4.98 Å². The summed E-state index contributed by atoms with van der Waals surface area (Å²) in [7, 11) is 0. The Hall–Kier alpha value is -1.68. The van der Waals surface area contributed by atoms with Crippen LogP contribution in [0.2, 0.25) is 0 Å². The fraction of sp³-hybridized carbons (Fsp3) is 0.286. The molecule has 0 saturated heterocycles. The molecule has 0 fully saturated rings. The van der Waals surface area contributed by atoms with Crippen LogP contribution in [0.15, 0.2) is 35.8 Å². The zero-order valence-electron chi connectivity index (χ0n) is 10.5. The standard InChI is InChI=1S/C14H16N2OS/c1-3-10(2)16-13(17)11-4-6-12(7-5-11)14-15-8-9-18-14/h4-10H,3H2,1-2H3,(H,16,17). The Morgan fingerprint density at radius 3 is 2.67 bits per heavy atom. The molecule has 0 spiro atoms.